The molecule has 0 aliphatic carbocycles. The predicted molar refractivity (Wildman–Crippen MR) is 48.3 cm³/mol. The zero-order valence-electron chi connectivity index (χ0n) is 11.8. The third-order valence-electron chi connectivity index (χ3n) is 1.25. The normalized spacial score (nSPS) is 16.9. The lowest BCUT2D eigenvalue weighted by Crippen LogP contribution is -2.10. The number of hydrogen-bond acceptors (Lipinski definition) is 3. The van der Waals surface area contributed by atoms with E-state index in [-0.39, 0.29) is 0 Å². The quantitative estimate of drug-likeness (QED) is 0.589. The Balaban J connectivity index is 3.44. The summed E-state index contributed by atoms with van der Waals surface area (Å²) in [6.45, 7) is 0. The zero-order valence-corrected chi connectivity index (χ0v) is 8.36. The molecule has 0 unspecified atom stereocenters. The van der Waals surface area contributed by atoms with Gasteiger partial charge in [-0.2, -0.15) is 13.2 Å². The number of aromatic nitrogens is 1. The molecule has 0 saturated heterocycles. The molecule has 0 aromatic carbocycles. The summed E-state index contributed by atoms with van der Waals surface area (Å²) in [7, 11) is -3.18. The molecule has 1 aromatic heterocycles. The van der Waals surface area contributed by atoms with Crippen molar-refractivity contribution >= 4 is 21.9 Å². The number of halogens is 4. The van der Waals surface area contributed by atoms with Crippen LogP contribution < -0.4 is 0 Å². The molecule has 0 aliphatic rings. The maximum atomic E-state index is 12.7. The van der Waals surface area contributed by atoms with Crippen LogP contribution in [0.5, 0.6) is 0 Å². The molecular weight excluding hydrogens is 279 g/mol. The number of ether oxygens (including phenoxy) is 1. The highest BCUT2D eigenvalue weighted by Gasteiger charge is 2.32. The topological polar surface area (TPSA) is 39.2 Å². The number of hydrogen-bond donors (Lipinski definition) is 0. The Labute approximate surface area is 98.4 Å². The lowest BCUT2D eigenvalue weighted by atomic mass is 10.2. The molecule has 82 valence electrons. The Morgan fingerprint density at radius 3 is 2.87 bits per heavy atom. The number of rotatable bonds is 1. The zero-order chi connectivity index (χ0) is 15.9. The molecular formula is C8H5BrF3NO2. The van der Waals surface area contributed by atoms with Crippen molar-refractivity contribution in [1.82, 2.24) is 4.98 Å². The number of nitrogens with zero attached hydrogens (tertiary/aromatic N) is 1. The fourth-order valence-corrected chi connectivity index (χ4v) is 1.07. The van der Waals surface area contributed by atoms with Crippen LogP contribution in [0.25, 0.3) is 0 Å². The van der Waals surface area contributed by atoms with Crippen molar-refractivity contribution in [1.29, 1.82) is 0 Å². The molecule has 0 spiro atoms. The van der Waals surface area contributed by atoms with Crippen LogP contribution in [-0.2, 0) is 10.9 Å². The third kappa shape index (κ3) is 2.92. The van der Waals surface area contributed by atoms with Crippen molar-refractivity contribution in [2.75, 3.05) is 7.04 Å². The Bertz CT molecular complexity index is 561. The van der Waals surface area contributed by atoms with Crippen LogP contribution in [0.4, 0.5) is 13.2 Å². The molecule has 7 heteroatoms. The van der Waals surface area contributed by atoms with Crippen molar-refractivity contribution in [2.45, 2.75) is 6.18 Å². The van der Waals surface area contributed by atoms with Crippen LogP contribution >= 0.6 is 15.9 Å². The second kappa shape index (κ2) is 4.18. The number of pyridine rings is 1. The van der Waals surface area contributed by atoms with Gasteiger partial charge in [0.2, 0.25) is 0 Å². The fraction of sp³-hybridized carbons (Fsp3) is 0.250. The van der Waals surface area contributed by atoms with E-state index in [9.17, 15) is 18.0 Å². The van der Waals surface area contributed by atoms with Crippen LogP contribution in [0.15, 0.2) is 16.7 Å². The molecule has 0 amide bonds. The van der Waals surface area contributed by atoms with Gasteiger partial charge in [-0.15, -0.1) is 0 Å². The minimum absolute atomic E-state index is 0.654. The number of methoxy groups -OCH3 is 1. The minimum Gasteiger partial charge on any atom is -0.464 e. The fourth-order valence-electron chi connectivity index (χ4n) is 0.694. The number of carbonyl (C=O) groups excluding carboxylic acids is 1. The van der Waals surface area contributed by atoms with E-state index in [0.29, 0.717) is 0 Å². The summed E-state index contributed by atoms with van der Waals surface area (Å²) in [5.74, 6) is -1.71. The van der Waals surface area contributed by atoms with Crippen molar-refractivity contribution in [3.63, 3.8) is 0 Å². The largest absolute Gasteiger partial charge is 0.464 e. The van der Waals surface area contributed by atoms with Crippen LogP contribution in [0.3, 0.4) is 0 Å². The Morgan fingerprint density at radius 2 is 2.33 bits per heavy atom. The van der Waals surface area contributed by atoms with E-state index in [4.69, 9.17) is 6.85 Å². The van der Waals surface area contributed by atoms with Gasteiger partial charge in [0.15, 0.2) is 0 Å². The van der Waals surface area contributed by atoms with Gasteiger partial charge < -0.3 is 4.74 Å². The molecule has 0 fully saturated rings. The van der Waals surface area contributed by atoms with Gasteiger partial charge in [-0.1, -0.05) is 0 Å². The molecule has 0 bridgehead atoms. The molecule has 3 nitrogen and oxygen atoms in total. The van der Waals surface area contributed by atoms with Gasteiger partial charge >= 0.3 is 12.1 Å². The minimum atomic E-state index is -5.07. The predicted octanol–water partition coefficient (Wildman–Crippen LogP) is 2.65. The molecule has 0 atom stereocenters. The van der Waals surface area contributed by atoms with E-state index in [0.717, 1.165) is 0 Å². The van der Waals surface area contributed by atoms with Gasteiger partial charge in [0, 0.05) is 0 Å². The number of alkyl halides is 3. The first-order valence-electron chi connectivity index (χ1n) is 5.82. The lowest BCUT2D eigenvalue weighted by Gasteiger charge is -2.08. The van der Waals surface area contributed by atoms with E-state index in [2.05, 4.69) is 25.7 Å². The second-order valence-electron chi connectivity index (χ2n) is 2.26. The molecule has 1 heterocycles. The molecule has 15 heavy (non-hydrogen) atoms. The third-order valence-corrected chi connectivity index (χ3v) is 1.63. The molecule has 1 aromatic rings. The van der Waals surface area contributed by atoms with Crippen molar-refractivity contribution in [2.24, 2.45) is 0 Å². The van der Waals surface area contributed by atoms with Crippen LogP contribution in [0, 0.1) is 0 Å². The maximum absolute atomic E-state index is 12.7. The van der Waals surface area contributed by atoms with E-state index in [1.165, 1.54) is 0 Å². The summed E-state index contributed by atoms with van der Waals surface area (Å²) < 4.78 is 75.9. The summed E-state index contributed by atoms with van der Waals surface area (Å²) in [5, 5.41) is 0. The van der Waals surface area contributed by atoms with Crippen molar-refractivity contribution in [3.8, 4) is 0 Å². The van der Waals surface area contributed by atoms with Gasteiger partial charge in [0.05, 0.1) is 19.5 Å². The molecule has 1 rings (SSSR count). The molecule has 0 radical (unpaired) electrons. The van der Waals surface area contributed by atoms with E-state index >= 15 is 0 Å². The van der Waals surface area contributed by atoms with E-state index in [1.807, 2.05) is 0 Å². The number of esters is 1. The SMILES string of the molecule is [2H]c1c(Br)nc(C(=O)OC([2H])([2H])[2H])c([2H])c1C(F)(F)F. The van der Waals surface area contributed by atoms with E-state index < -0.39 is 47.1 Å². The molecule has 0 aliphatic heterocycles. The summed E-state index contributed by atoms with van der Waals surface area (Å²) in [6, 6.07) is -2.55. The first-order chi connectivity index (χ1) is 8.84. The average Bonchev–Trinajstić information content (AvgIpc) is 2.18. The second-order valence-corrected chi connectivity index (χ2v) is 3.01. The van der Waals surface area contributed by atoms with Crippen LogP contribution in [0.2, 0.25) is 0 Å². The Morgan fingerprint density at radius 1 is 1.67 bits per heavy atom. The van der Waals surface area contributed by atoms with Gasteiger partial charge in [0.1, 0.15) is 10.3 Å². The van der Waals surface area contributed by atoms with Gasteiger partial charge in [0.25, 0.3) is 0 Å². The number of carbonyl (C=O) groups is 1. The van der Waals surface area contributed by atoms with Crippen molar-refractivity contribution in [3.05, 3.63) is 27.9 Å². The van der Waals surface area contributed by atoms with Gasteiger partial charge in [-0.05, 0) is 28.0 Å². The van der Waals surface area contributed by atoms with Gasteiger partial charge in [-0.25, -0.2) is 9.78 Å². The molecule has 0 N–H and O–H groups in total. The smallest absolute Gasteiger partial charge is 0.416 e. The van der Waals surface area contributed by atoms with Crippen molar-refractivity contribution < 1.29 is 29.6 Å². The highest BCUT2D eigenvalue weighted by Crippen LogP contribution is 2.30. The van der Waals surface area contributed by atoms with Crippen LogP contribution in [-0.4, -0.2) is 18.0 Å². The Hall–Kier alpha value is -1.11. The van der Waals surface area contributed by atoms with E-state index in [1.54, 1.807) is 0 Å². The standard InChI is InChI=1S/C8H5BrF3NO2/c1-15-7(14)5-2-4(8(10,11)12)3-6(9)13-5/h2-3H,1H3/i1D3,2D,3D. The first kappa shape index (κ1) is 6.47. The van der Waals surface area contributed by atoms with Crippen LogP contribution in [0.1, 0.15) is 22.9 Å². The summed E-state index contributed by atoms with van der Waals surface area (Å²) in [6.07, 6.45) is -5.07. The average molecular weight is 289 g/mol. The first-order valence-corrected chi connectivity index (χ1v) is 4.11. The summed E-state index contributed by atoms with van der Waals surface area (Å²) in [5.41, 5.74) is -2.85. The lowest BCUT2D eigenvalue weighted by molar-refractivity contribution is -0.137. The van der Waals surface area contributed by atoms with Gasteiger partial charge in [-0.3, -0.25) is 0 Å². The highest BCUT2D eigenvalue weighted by atomic mass is 79.9. The Kier molecular flexibility index (Phi) is 1.80. The maximum Gasteiger partial charge on any atom is 0.416 e. The monoisotopic (exact) mass is 288 g/mol. The summed E-state index contributed by atoms with van der Waals surface area (Å²) >= 11 is 2.54. The summed E-state index contributed by atoms with van der Waals surface area (Å²) in [4.78, 5) is 14.7. The highest BCUT2D eigenvalue weighted by molar-refractivity contribution is 9.10. The molecule has 0 saturated carbocycles.